The van der Waals surface area contributed by atoms with Crippen molar-refractivity contribution in [3.8, 4) is 6.07 Å². The van der Waals surface area contributed by atoms with Gasteiger partial charge in [-0.25, -0.2) is 4.79 Å². The van der Waals surface area contributed by atoms with Gasteiger partial charge in [-0.15, -0.1) is 0 Å². The van der Waals surface area contributed by atoms with Gasteiger partial charge in [0.15, 0.2) is 0 Å². The van der Waals surface area contributed by atoms with Crippen molar-refractivity contribution in [1.29, 1.82) is 5.26 Å². The zero-order valence-electron chi connectivity index (χ0n) is 11.3. The van der Waals surface area contributed by atoms with Gasteiger partial charge < -0.3 is 10.1 Å². The first kappa shape index (κ1) is 15.5. The molecule has 0 saturated heterocycles. The van der Waals surface area contributed by atoms with E-state index in [9.17, 15) is 4.79 Å². The number of anilines is 1. The van der Waals surface area contributed by atoms with Crippen LogP contribution in [0, 0.1) is 11.3 Å². The van der Waals surface area contributed by atoms with Crippen LogP contribution in [0.2, 0.25) is 0 Å². The molecule has 0 amide bonds. The summed E-state index contributed by atoms with van der Waals surface area (Å²) in [5.74, 6) is -0.300. The van der Waals surface area contributed by atoms with Crippen molar-refractivity contribution in [2.45, 2.75) is 32.2 Å². The van der Waals surface area contributed by atoms with E-state index in [1.165, 1.54) is 7.11 Å². The molecule has 0 aliphatic heterocycles. The number of benzene rings is 1. The summed E-state index contributed by atoms with van der Waals surface area (Å²) < 4.78 is 5.60. The second-order valence-corrected chi connectivity index (χ2v) is 5.36. The average molecular weight is 325 g/mol. The number of methoxy groups -OCH3 is 1. The molecule has 1 aromatic rings. The second-order valence-electron chi connectivity index (χ2n) is 4.51. The Morgan fingerprint density at radius 3 is 2.74 bits per heavy atom. The van der Waals surface area contributed by atoms with Crippen molar-refractivity contribution < 1.29 is 9.53 Å². The normalized spacial score (nSPS) is 13.2. The Bertz CT molecular complexity index is 511. The Labute approximate surface area is 121 Å². The largest absolute Gasteiger partial charge is 0.467 e. The number of esters is 1. The Morgan fingerprint density at radius 2 is 2.26 bits per heavy atom. The van der Waals surface area contributed by atoms with Gasteiger partial charge in [0.2, 0.25) is 0 Å². The smallest absolute Gasteiger partial charge is 0.331 e. The fraction of sp³-hybridized carbons (Fsp3) is 0.429. The van der Waals surface area contributed by atoms with Crippen molar-refractivity contribution in [3.05, 3.63) is 28.2 Å². The number of nitriles is 1. The Kier molecular flexibility index (Phi) is 5.37. The number of carbonyl (C=O) groups excluding carboxylic acids is 1. The number of hydrogen-bond donors (Lipinski definition) is 1. The number of ether oxygens (including phenoxy) is 1. The molecule has 19 heavy (non-hydrogen) atoms. The summed E-state index contributed by atoms with van der Waals surface area (Å²) in [4.78, 5) is 11.9. The van der Waals surface area contributed by atoms with Gasteiger partial charge in [-0.2, -0.15) is 5.26 Å². The maximum Gasteiger partial charge on any atom is 0.331 e. The van der Waals surface area contributed by atoms with E-state index in [0.717, 1.165) is 16.6 Å². The minimum absolute atomic E-state index is 0.300. The number of hydrogen-bond acceptors (Lipinski definition) is 4. The molecule has 0 aromatic heterocycles. The van der Waals surface area contributed by atoms with Gasteiger partial charge in [0.25, 0.3) is 0 Å². The maximum atomic E-state index is 11.9. The van der Waals surface area contributed by atoms with E-state index in [2.05, 4.69) is 27.3 Å². The highest BCUT2D eigenvalue weighted by atomic mass is 79.9. The zero-order chi connectivity index (χ0) is 14.5. The van der Waals surface area contributed by atoms with Crippen LogP contribution in [0.15, 0.2) is 22.7 Å². The SMILES string of the molecule is CCCC(C)(Nc1ccc(C#N)cc1Br)C(=O)OC. The van der Waals surface area contributed by atoms with E-state index >= 15 is 0 Å². The van der Waals surface area contributed by atoms with Crippen LogP contribution < -0.4 is 5.32 Å². The molecule has 5 heteroatoms. The lowest BCUT2D eigenvalue weighted by molar-refractivity contribution is -0.145. The van der Waals surface area contributed by atoms with E-state index in [1.807, 2.05) is 13.8 Å². The van der Waals surface area contributed by atoms with Crippen molar-refractivity contribution in [2.75, 3.05) is 12.4 Å². The van der Waals surface area contributed by atoms with Crippen LogP contribution in [0.25, 0.3) is 0 Å². The molecule has 1 unspecified atom stereocenters. The Morgan fingerprint density at radius 1 is 1.58 bits per heavy atom. The first-order valence-corrected chi connectivity index (χ1v) is 6.82. The number of nitrogens with one attached hydrogen (secondary N) is 1. The van der Waals surface area contributed by atoms with E-state index < -0.39 is 5.54 Å². The van der Waals surface area contributed by atoms with Crippen LogP contribution in [-0.2, 0) is 9.53 Å². The number of carbonyl (C=O) groups is 1. The quantitative estimate of drug-likeness (QED) is 0.842. The summed E-state index contributed by atoms with van der Waals surface area (Å²) in [5.41, 5.74) is 0.549. The number of rotatable bonds is 5. The summed E-state index contributed by atoms with van der Waals surface area (Å²) in [7, 11) is 1.38. The van der Waals surface area contributed by atoms with Crippen LogP contribution in [0.3, 0.4) is 0 Å². The molecule has 1 aromatic carbocycles. The summed E-state index contributed by atoms with van der Waals surface area (Å²) >= 11 is 3.40. The fourth-order valence-electron chi connectivity index (χ4n) is 1.92. The third-order valence-electron chi connectivity index (χ3n) is 2.89. The highest BCUT2D eigenvalue weighted by molar-refractivity contribution is 9.10. The molecule has 1 rings (SSSR count). The molecule has 0 spiro atoms. The average Bonchev–Trinajstić information content (AvgIpc) is 2.40. The monoisotopic (exact) mass is 324 g/mol. The molecular formula is C14H17BrN2O2. The topological polar surface area (TPSA) is 62.1 Å². The minimum atomic E-state index is -0.778. The predicted octanol–water partition coefficient (Wildman–Crippen LogP) is 3.46. The standard InChI is InChI=1S/C14H17BrN2O2/c1-4-7-14(2,13(18)19-3)17-12-6-5-10(9-16)8-11(12)15/h5-6,8,17H,4,7H2,1-3H3. The molecule has 102 valence electrons. The molecule has 0 saturated carbocycles. The minimum Gasteiger partial charge on any atom is -0.467 e. The summed E-state index contributed by atoms with van der Waals surface area (Å²) in [6.07, 6.45) is 1.51. The highest BCUT2D eigenvalue weighted by Gasteiger charge is 2.33. The van der Waals surface area contributed by atoms with Crippen molar-refractivity contribution >= 4 is 27.6 Å². The van der Waals surface area contributed by atoms with Crippen LogP contribution >= 0.6 is 15.9 Å². The zero-order valence-corrected chi connectivity index (χ0v) is 12.9. The highest BCUT2D eigenvalue weighted by Crippen LogP contribution is 2.28. The Hall–Kier alpha value is -1.54. The number of nitrogens with zero attached hydrogens (tertiary/aromatic N) is 1. The fourth-order valence-corrected chi connectivity index (χ4v) is 2.40. The Balaban J connectivity index is 3.04. The van der Waals surface area contributed by atoms with Gasteiger partial charge in [-0.1, -0.05) is 13.3 Å². The lowest BCUT2D eigenvalue weighted by Gasteiger charge is -2.29. The summed E-state index contributed by atoms with van der Waals surface area (Å²) in [6, 6.07) is 7.26. The molecule has 0 bridgehead atoms. The van der Waals surface area contributed by atoms with Gasteiger partial charge in [-0.05, 0) is 47.5 Å². The van der Waals surface area contributed by atoms with Gasteiger partial charge in [0.05, 0.1) is 18.7 Å². The molecule has 0 fully saturated rings. The van der Waals surface area contributed by atoms with Crippen LogP contribution in [0.1, 0.15) is 32.3 Å². The summed E-state index contributed by atoms with van der Waals surface area (Å²) in [5, 5.41) is 12.0. The van der Waals surface area contributed by atoms with Crippen molar-refractivity contribution in [3.63, 3.8) is 0 Å². The van der Waals surface area contributed by atoms with E-state index in [-0.39, 0.29) is 5.97 Å². The molecule has 1 N–H and O–H groups in total. The van der Waals surface area contributed by atoms with Crippen molar-refractivity contribution in [1.82, 2.24) is 0 Å². The van der Waals surface area contributed by atoms with E-state index in [4.69, 9.17) is 10.00 Å². The van der Waals surface area contributed by atoms with Crippen LogP contribution in [-0.4, -0.2) is 18.6 Å². The van der Waals surface area contributed by atoms with Gasteiger partial charge in [0, 0.05) is 10.2 Å². The van der Waals surface area contributed by atoms with Gasteiger partial charge >= 0.3 is 5.97 Å². The van der Waals surface area contributed by atoms with Gasteiger partial charge in [0.1, 0.15) is 5.54 Å². The molecule has 0 radical (unpaired) electrons. The van der Waals surface area contributed by atoms with Crippen molar-refractivity contribution in [2.24, 2.45) is 0 Å². The molecule has 0 aliphatic carbocycles. The molecular weight excluding hydrogens is 308 g/mol. The van der Waals surface area contributed by atoms with E-state index in [0.29, 0.717) is 12.0 Å². The third kappa shape index (κ3) is 3.71. The lowest BCUT2D eigenvalue weighted by Crippen LogP contribution is -2.44. The molecule has 1 atom stereocenters. The molecule has 0 aliphatic rings. The first-order valence-electron chi connectivity index (χ1n) is 6.03. The van der Waals surface area contributed by atoms with Gasteiger partial charge in [-0.3, -0.25) is 0 Å². The molecule has 0 heterocycles. The first-order chi connectivity index (χ1) is 8.96. The molecule has 4 nitrogen and oxygen atoms in total. The number of halogens is 1. The third-order valence-corrected chi connectivity index (χ3v) is 3.55. The van der Waals surface area contributed by atoms with Crippen LogP contribution in [0.5, 0.6) is 0 Å². The van der Waals surface area contributed by atoms with Crippen LogP contribution in [0.4, 0.5) is 5.69 Å². The summed E-state index contributed by atoms with van der Waals surface area (Å²) in [6.45, 7) is 3.82. The maximum absolute atomic E-state index is 11.9. The lowest BCUT2D eigenvalue weighted by atomic mass is 9.95. The van der Waals surface area contributed by atoms with E-state index in [1.54, 1.807) is 18.2 Å². The predicted molar refractivity (Wildman–Crippen MR) is 77.8 cm³/mol. The second kappa shape index (κ2) is 6.58.